The van der Waals surface area contributed by atoms with Gasteiger partial charge in [-0.2, -0.15) is 0 Å². The maximum absolute atomic E-state index is 13.3. The fourth-order valence-corrected chi connectivity index (χ4v) is 5.34. The molecule has 9 heteroatoms. The Morgan fingerprint density at radius 1 is 1.11 bits per heavy atom. The average molecular weight is 519 g/mol. The van der Waals surface area contributed by atoms with E-state index in [1.165, 1.54) is 12.1 Å². The molecule has 0 atom stereocenters. The number of thiophene rings is 1. The highest BCUT2D eigenvalue weighted by atomic mass is 35.5. The van der Waals surface area contributed by atoms with Crippen molar-refractivity contribution in [1.82, 2.24) is 4.98 Å². The molecule has 0 aliphatic heterocycles. The van der Waals surface area contributed by atoms with Crippen molar-refractivity contribution in [3.8, 4) is 0 Å². The molecule has 0 bridgehead atoms. The summed E-state index contributed by atoms with van der Waals surface area (Å²) in [5.41, 5.74) is 4.05. The van der Waals surface area contributed by atoms with E-state index < -0.39 is 17.5 Å². The van der Waals surface area contributed by atoms with Crippen LogP contribution in [0.1, 0.15) is 49.7 Å². The number of ketones is 1. The number of ether oxygens (including phenoxy) is 1. The van der Waals surface area contributed by atoms with Gasteiger partial charge in [-0.25, -0.2) is 9.78 Å². The van der Waals surface area contributed by atoms with Gasteiger partial charge in [-0.15, -0.1) is 11.3 Å². The third-order valence-corrected chi connectivity index (χ3v) is 7.25. The molecule has 0 amide bonds. The number of esters is 1. The molecule has 2 aromatic heterocycles. The van der Waals surface area contributed by atoms with Crippen LogP contribution in [0, 0.1) is 10.1 Å². The first-order valence-corrected chi connectivity index (χ1v) is 12.4. The number of halogens is 1. The number of aromatic nitrogens is 1. The van der Waals surface area contributed by atoms with Crippen molar-refractivity contribution >= 4 is 62.9 Å². The first-order valence-electron chi connectivity index (χ1n) is 11.2. The van der Waals surface area contributed by atoms with Crippen LogP contribution in [0.2, 0.25) is 4.34 Å². The minimum Gasteiger partial charge on any atom is -0.454 e. The van der Waals surface area contributed by atoms with E-state index in [2.05, 4.69) is 0 Å². The molecule has 0 radical (unpaired) electrons. The smallest absolute Gasteiger partial charge is 0.339 e. The number of benzene rings is 2. The van der Waals surface area contributed by atoms with E-state index in [9.17, 15) is 19.7 Å². The number of non-ortho nitro benzene ring substituents is 1. The molecule has 2 heterocycles. The summed E-state index contributed by atoms with van der Waals surface area (Å²) < 4.78 is 5.96. The number of nitrogens with zero attached hydrogens (tertiary/aromatic N) is 2. The number of hydrogen-bond donors (Lipinski definition) is 0. The van der Waals surface area contributed by atoms with E-state index in [-0.39, 0.29) is 11.5 Å². The number of carbonyl (C=O) groups is 2. The Bertz CT molecular complexity index is 1560. The molecule has 0 saturated heterocycles. The van der Waals surface area contributed by atoms with Crippen LogP contribution in [0.4, 0.5) is 5.69 Å². The number of nitro benzene ring substituents is 1. The second-order valence-electron chi connectivity index (χ2n) is 8.31. The van der Waals surface area contributed by atoms with Crippen LogP contribution in [0.3, 0.4) is 0 Å². The van der Waals surface area contributed by atoms with Gasteiger partial charge in [-0.3, -0.25) is 14.9 Å². The number of rotatable bonds is 6. The third kappa shape index (κ3) is 4.78. The van der Waals surface area contributed by atoms with Crippen molar-refractivity contribution in [3.63, 3.8) is 0 Å². The number of pyridine rings is 1. The molecule has 0 fully saturated rings. The molecule has 7 nitrogen and oxygen atoms in total. The molecule has 36 heavy (non-hydrogen) atoms. The standard InChI is InChI=1S/C27H19ClN2O5S/c28-24-12-11-23(36-24)22(31)15-35-27(32)25-19-8-1-2-10-21(19)29-26-17(6-4-9-20(25)26)13-16-5-3-7-18(14-16)30(33)34/h1-3,5,7-8,10-14H,4,6,9,15H2/b17-13+. The molecule has 0 unspecified atom stereocenters. The molecule has 0 N–H and O–H groups in total. The number of carbonyl (C=O) groups excluding carboxylic acids is 2. The van der Waals surface area contributed by atoms with Gasteiger partial charge in [0.2, 0.25) is 5.78 Å². The first-order chi connectivity index (χ1) is 17.4. The lowest BCUT2D eigenvalue weighted by molar-refractivity contribution is -0.384. The first kappa shape index (κ1) is 23.8. The second-order valence-corrected chi connectivity index (χ2v) is 10.0. The van der Waals surface area contributed by atoms with Crippen molar-refractivity contribution in [2.24, 2.45) is 0 Å². The van der Waals surface area contributed by atoms with Gasteiger partial charge in [-0.1, -0.05) is 41.9 Å². The van der Waals surface area contributed by atoms with Gasteiger partial charge in [0.1, 0.15) is 0 Å². The van der Waals surface area contributed by atoms with Crippen molar-refractivity contribution in [3.05, 3.63) is 102 Å². The lowest BCUT2D eigenvalue weighted by Gasteiger charge is -2.22. The normalized spacial score (nSPS) is 14.0. The highest BCUT2D eigenvalue weighted by molar-refractivity contribution is 7.18. The second kappa shape index (κ2) is 10.0. The van der Waals surface area contributed by atoms with Gasteiger partial charge in [0.05, 0.1) is 30.9 Å². The SMILES string of the molecule is O=C(COC(=O)c1c2c(nc3ccccc13)/C(=C/c1cccc([N+](=O)[O-])c1)CCC2)c1ccc(Cl)s1. The molecule has 5 rings (SSSR count). The molecule has 1 aliphatic carbocycles. The number of para-hydroxylation sites is 1. The van der Waals surface area contributed by atoms with Crippen molar-refractivity contribution < 1.29 is 19.2 Å². The number of nitro groups is 1. The third-order valence-electron chi connectivity index (χ3n) is 5.98. The Kier molecular flexibility index (Phi) is 6.63. The van der Waals surface area contributed by atoms with Crippen LogP contribution in [-0.4, -0.2) is 28.3 Å². The van der Waals surface area contributed by atoms with Crippen LogP contribution in [0.15, 0.2) is 60.7 Å². The summed E-state index contributed by atoms with van der Waals surface area (Å²) in [4.78, 5) is 41.9. The summed E-state index contributed by atoms with van der Waals surface area (Å²) in [5, 5.41) is 11.9. The highest BCUT2D eigenvalue weighted by Gasteiger charge is 2.26. The predicted octanol–water partition coefficient (Wildman–Crippen LogP) is 6.77. The van der Waals surface area contributed by atoms with Gasteiger partial charge in [0, 0.05) is 17.5 Å². The van der Waals surface area contributed by atoms with Gasteiger partial charge in [0.25, 0.3) is 5.69 Å². The Balaban J connectivity index is 1.54. The van der Waals surface area contributed by atoms with Crippen molar-refractivity contribution in [1.29, 1.82) is 0 Å². The fourth-order valence-electron chi connectivity index (χ4n) is 4.38. The highest BCUT2D eigenvalue weighted by Crippen LogP contribution is 2.36. The Hall–Kier alpha value is -3.88. The maximum atomic E-state index is 13.3. The Morgan fingerprint density at radius 3 is 2.72 bits per heavy atom. The molecule has 0 saturated carbocycles. The molecule has 0 spiro atoms. The Labute approximate surface area is 215 Å². The summed E-state index contributed by atoms with van der Waals surface area (Å²) in [7, 11) is 0. The summed E-state index contributed by atoms with van der Waals surface area (Å²) in [6.07, 6.45) is 4.00. The molecule has 4 aromatic rings. The predicted molar refractivity (Wildman–Crippen MR) is 140 cm³/mol. The molecule has 1 aliphatic rings. The van der Waals surface area contributed by atoms with E-state index in [1.54, 1.807) is 24.3 Å². The minimum atomic E-state index is -0.586. The van der Waals surface area contributed by atoms with Gasteiger partial charge < -0.3 is 4.74 Å². The fraction of sp³-hybridized carbons (Fsp3) is 0.148. The average Bonchev–Trinajstić information content (AvgIpc) is 3.32. The summed E-state index contributed by atoms with van der Waals surface area (Å²) in [6.45, 7) is -0.391. The summed E-state index contributed by atoms with van der Waals surface area (Å²) in [6, 6.07) is 16.9. The van der Waals surface area contributed by atoms with Crippen LogP contribution in [0.5, 0.6) is 0 Å². The lowest BCUT2D eigenvalue weighted by Crippen LogP contribution is -2.18. The van der Waals surface area contributed by atoms with Gasteiger partial charge >= 0.3 is 5.97 Å². The van der Waals surface area contributed by atoms with Crippen LogP contribution < -0.4 is 0 Å². The zero-order valence-corrected chi connectivity index (χ0v) is 20.5. The van der Waals surface area contributed by atoms with Crippen molar-refractivity contribution in [2.45, 2.75) is 19.3 Å². The van der Waals surface area contributed by atoms with Gasteiger partial charge in [-0.05, 0) is 60.2 Å². The van der Waals surface area contributed by atoms with Crippen LogP contribution in [-0.2, 0) is 11.2 Å². The lowest BCUT2D eigenvalue weighted by atomic mass is 9.86. The molecular formula is C27H19ClN2O5S. The topological polar surface area (TPSA) is 99.4 Å². The summed E-state index contributed by atoms with van der Waals surface area (Å²) >= 11 is 7.05. The monoisotopic (exact) mass is 518 g/mol. The van der Waals surface area contributed by atoms with E-state index in [0.29, 0.717) is 49.8 Å². The molecule has 180 valence electrons. The zero-order chi connectivity index (χ0) is 25.2. The maximum Gasteiger partial charge on any atom is 0.339 e. The van der Waals surface area contributed by atoms with E-state index in [0.717, 1.165) is 28.9 Å². The van der Waals surface area contributed by atoms with Crippen LogP contribution >= 0.6 is 22.9 Å². The van der Waals surface area contributed by atoms with E-state index in [1.807, 2.05) is 30.3 Å². The zero-order valence-electron chi connectivity index (χ0n) is 18.9. The van der Waals surface area contributed by atoms with Crippen molar-refractivity contribution in [2.75, 3.05) is 6.61 Å². The number of hydrogen-bond acceptors (Lipinski definition) is 7. The number of allylic oxidation sites excluding steroid dienone is 1. The number of fused-ring (bicyclic) bond motifs is 2. The quantitative estimate of drug-likeness (QED) is 0.121. The Morgan fingerprint density at radius 2 is 1.94 bits per heavy atom. The molecule has 2 aromatic carbocycles. The minimum absolute atomic E-state index is 0.00724. The van der Waals surface area contributed by atoms with Crippen LogP contribution in [0.25, 0.3) is 22.6 Å². The number of Topliss-reactive ketones (excluding diaryl/α,β-unsaturated/α-hetero) is 1. The van der Waals surface area contributed by atoms with E-state index in [4.69, 9.17) is 21.3 Å². The summed E-state index contributed by atoms with van der Waals surface area (Å²) in [5.74, 6) is -0.906. The largest absolute Gasteiger partial charge is 0.454 e. The van der Waals surface area contributed by atoms with E-state index >= 15 is 0 Å². The van der Waals surface area contributed by atoms with Gasteiger partial charge in [0.15, 0.2) is 6.61 Å². The molecular weight excluding hydrogens is 500 g/mol.